The number of aryl methyl sites for hydroxylation is 3. The van der Waals surface area contributed by atoms with Crippen molar-refractivity contribution in [1.82, 2.24) is 4.98 Å². The first kappa shape index (κ1) is 16.6. The van der Waals surface area contributed by atoms with Gasteiger partial charge in [0, 0.05) is 5.56 Å². The van der Waals surface area contributed by atoms with Gasteiger partial charge >= 0.3 is 0 Å². The van der Waals surface area contributed by atoms with E-state index in [1.165, 1.54) is 38.9 Å². The maximum atomic E-state index is 4.61. The minimum absolute atomic E-state index is 0.130. The molecule has 0 saturated carbocycles. The van der Waals surface area contributed by atoms with Crippen molar-refractivity contribution in [3.05, 3.63) is 58.9 Å². The first-order valence-corrected chi connectivity index (χ1v) is 8.55. The molecule has 0 aliphatic heterocycles. The highest BCUT2D eigenvalue weighted by molar-refractivity contribution is 5.92. The number of aromatic nitrogens is 2. The Morgan fingerprint density at radius 3 is 2.33 bits per heavy atom. The van der Waals surface area contributed by atoms with Crippen LogP contribution in [0.3, 0.4) is 0 Å². The summed E-state index contributed by atoms with van der Waals surface area (Å²) in [7, 11) is 2.08. The van der Waals surface area contributed by atoms with E-state index in [-0.39, 0.29) is 5.41 Å². The van der Waals surface area contributed by atoms with Crippen LogP contribution < -0.4 is 4.57 Å². The smallest absolute Gasteiger partial charge is 0.232 e. The van der Waals surface area contributed by atoms with Crippen molar-refractivity contribution in [3.8, 4) is 11.3 Å². The Kier molecular flexibility index (Phi) is 3.95. The molecule has 0 fully saturated rings. The van der Waals surface area contributed by atoms with Crippen molar-refractivity contribution >= 4 is 10.9 Å². The Hall–Kier alpha value is -2.22. The summed E-state index contributed by atoms with van der Waals surface area (Å²) in [6.45, 7) is 13.4. The zero-order valence-electron chi connectivity index (χ0n) is 15.9. The average Bonchev–Trinajstić information content (AvgIpc) is 2.49. The Balaban J connectivity index is 2.39. The SMILES string of the molecule is Cc1ccc2c(-c3cc(C(C)(C)C)cc(C)c3C)[n+](C)cnc2c1. The summed E-state index contributed by atoms with van der Waals surface area (Å²) in [6, 6.07) is 11.2. The fraction of sp³-hybridized carbons (Fsp3) is 0.364. The fourth-order valence-corrected chi connectivity index (χ4v) is 3.22. The standard InChI is InChI=1S/C22H27N2/c1-14-8-9-18-20(10-14)23-13-24(7)21(18)19-12-17(22(4,5)6)11-15(2)16(19)3/h8-13H,1-7H3/q+1. The molecule has 0 saturated heterocycles. The lowest BCUT2D eigenvalue weighted by Crippen LogP contribution is -2.32. The molecule has 0 unspecified atom stereocenters. The van der Waals surface area contributed by atoms with Crippen LogP contribution in [0, 0.1) is 20.8 Å². The largest absolute Gasteiger partial charge is 0.287 e. The number of nitrogens with zero attached hydrogens (tertiary/aromatic N) is 2. The predicted molar refractivity (Wildman–Crippen MR) is 101 cm³/mol. The zero-order valence-corrected chi connectivity index (χ0v) is 15.9. The number of rotatable bonds is 1. The highest BCUT2D eigenvalue weighted by Crippen LogP contribution is 2.33. The van der Waals surface area contributed by atoms with Crippen molar-refractivity contribution in [2.45, 2.75) is 47.0 Å². The zero-order chi connectivity index (χ0) is 17.6. The maximum absolute atomic E-state index is 4.61. The normalized spacial score (nSPS) is 12.0. The highest BCUT2D eigenvalue weighted by atomic mass is 15.0. The molecule has 3 aromatic rings. The molecule has 0 N–H and O–H groups in total. The number of hydrogen-bond acceptors (Lipinski definition) is 1. The van der Waals surface area contributed by atoms with Crippen LogP contribution in [0.1, 0.15) is 43.0 Å². The van der Waals surface area contributed by atoms with E-state index >= 15 is 0 Å². The molecule has 0 bridgehead atoms. The Labute approximate surface area is 145 Å². The van der Waals surface area contributed by atoms with Crippen LogP contribution in [0.2, 0.25) is 0 Å². The average molecular weight is 319 g/mol. The molecule has 2 heteroatoms. The van der Waals surface area contributed by atoms with Crippen molar-refractivity contribution in [2.75, 3.05) is 0 Å². The van der Waals surface area contributed by atoms with Gasteiger partial charge in [0.05, 0.1) is 12.4 Å². The van der Waals surface area contributed by atoms with Gasteiger partial charge in [0.2, 0.25) is 0 Å². The van der Waals surface area contributed by atoms with Crippen molar-refractivity contribution in [1.29, 1.82) is 0 Å². The molecular weight excluding hydrogens is 292 g/mol. The number of fused-ring (bicyclic) bond motifs is 1. The van der Waals surface area contributed by atoms with E-state index in [0.29, 0.717) is 0 Å². The first-order valence-electron chi connectivity index (χ1n) is 8.55. The molecule has 1 aromatic heterocycles. The van der Waals surface area contributed by atoms with Gasteiger partial charge in [-0.05, 0) is 71.6 Å². The summed E-state index contributed by atoms with van der Waals surface area (Å²) < 4.78 is 2.14. The molecule has 2 nitrogen and oxygen atoms in total. The summed E-state index contributed by atoms with van der Waals surface area (Å²) in [6.07, 6.45) is 1.93. The van der Waals surface area contributed by atoms with E-state index in [1.54, 1.807) is 0 Å². The van der Waals surface area contributed by atoms with Gasteiger partial charge < -0.3 is 0 Å². The lowest BCUT2D eigenvalue weighted by molar-refractivity contribution is -0.662. The maximum Gasteiger partial charge on any atom is 0.287 e. The third-order valence-corrected chi connectivity index (χ3v) is 4.92. The number of hydrogen-bond donors (Lipinski definition) is 0. The molecule has 0 aliphatic carbocycles. The molecule has 1 heterocycles. The summed E-state index contributed by atoms with van der Waals surface area (Å²) in [4.78, 5) is 4.61. The third-order valence-electron chi connectivity index (χ3n) is 4.92. The third kappa shape index (κ3) is 2.82. The van der Waals surface area contributed by atoms with Gasteiger partial charge in [-0.3, -0.25) is 0 Å². The van der Waals surface area contributed by atoms with E-state index in [9.17, 15) is 0 Å². The Morgan fingerprint density at radius 1 is 0.958 bits per heavy atom. The predicted octanol–water partition coefficient (Wildman–Crippen LogP) is 4.95. The van der Waals surface area contributed by atoms with Crippen molar-refractivity contribution in [3.63, 3.8) is 0 Å². The van der Waals surface area contributed by atoms with Gasteiger partial charge in [-0.1, -0.05) is 32.9 Å². The monoisotopic (exact) mass is 319 g/mol. The van der Waals surface area contributed by atoms with Crippen LogP contribution in [0.4, 0.5) is 0 Å². The molecular formula is C22H27N2+. The van der Waals surface area contributed by atoms with Crippen LogP contribution >= 0.6 is 0 Å². The van der Waals surface area contributed by atoms with Crippen LogP contribution in [0.25, 0.3) is 22.2 Å². The van der Waals surface area contributed by atoms with E-state index < -0.39 is 0 Å². The van der Waals surface area contributed by atoms with Crippen LogP contribution in [-0.2, 0) is 12.5 Å². The quantitative estimate of drug-likeness (QED) is 0.580. The van der Waals surface area contributed by atoms with Crippen LogP contribution in [0.15, 0.2) is 36.7 Å². The van der Waals surface area contributed by atoms with Crippen molar-refractivity contribution < 1.29 is 4.57 Å². The summed E-state index contributed by atoms with van der Waals surface area (Å²) in [5.74, 6) is 0. The van der Waals surface area contributed by atoms with Gasteiger partial charge in [0.1, 0.15) is 5.69 Å². The molecule has 0 aliphatic rings. The molecule has 0 spiro atoms. The lowest BCUT2D eigenvalue weighted by atomic mass is 9.83. The van der Waals surface area contributed by atoms with E-state index in [2.05, 4.69) is 88.5 Å². The summed E-state index contributed by atoms with van der Waals surface area (Å²) in [5, 5.41) is 1.21. The Bertz CT molecular complexity index is 931. The fourth-order valence-electron chi connectivity index (χ4n) is 3.22. The van der Waals surface area contributed by atoms with Crippen LogP contribution in [0.5, 0.6) is 0 Å². The van der Waals surface area contributed by atoms with E-state index in [0.717, 1.165) is 5.52 Å². The summed E-state index contributed by atoms with van der Waals surface area (Å²) >= 11 is 0. The second kappa shape index (κ2) is 5.70. The van der Waals surface area contributed by atoms with E-state index in [1.807, 2.05) is 6.33 Å². The van der Waals surface area contributed by atoms with Gasteiger partial charge in [0.25, 0.3) is 6.33 Å². The van der Waals surface area contributed by atoms with Gasteiger partial charge in [-0.2, -0.15) is 0 Å². The first-order chi connectivity index (χ1) is 11.2. The minimum Gasteiger partial charge on any atom is -0.232 e. The highest BCUT2D eigenvalue weighted by Gasteiger charge is 2.21. The second-order valence-corrected chi connectivity index (χ2v) is 7.94. The van der Waals surface area contributed by atoms with Crippen LogP contribution in [-0.4, -0.2) is 4.98 Å². The van der Waals surface area contributed by atoms with Gasteiger partial charge in [-0.25, -0.2) is 4.57 Å². The van der Waals surface area contributed by atoms with Crippen molar-refractivity contribution in [2.24, 2.45) is 7.05 Å². The minimum atomic E-state index is 0.130. The number of benzene rings is 2. The molecule has 124 valence electrons. The molecule has 2 aromatic carbocycles. The van der Waals surface area contributed by atoms with E-state index in [4.69, 9.17) is 0 Å². The molecule has 0 atom stereocenters. The Morgan fingerprint density at radius 2 is 1.67 bits per heavy atom. The summed E-state index contributed by atoms with van der Waals surface area (Å²) in [5.41, 5.74) is 9.03. The van der Waals surface area contributed by atoms with Gasteiger partial charge in [-0.15, -0.1) is 0 Å². The second-order valence-electron chi connectivity index (χ2n) is 7.94. The molecule has 24 heavy (non-hydrogen) atoms. The molecule has 0 radical (unpaired) electrons. The lowest BCUT2D eigenvalue weighted by Gasteiger charge is -2.22. The molecule has 0 amide bonds. The van der Waals surface area contributed by atoms with Gasteiger partial charge in [0.15, 0.2) is 5.52 Å². The molecule has 3 rings (SSSR count). The topological polar surface area (TPSA) is 16.8 Å².